The van der Waals surface area contributed by atoms with Crippen molar-refractivity contribution in [2.75, 3.05) is 0 Å². The molecule has 0 radical (unpaired) electrons. The number of thiazole rings is 1. The maximum atomic E-state index is 12.5. The molecule has 3 heterocycles. The maximum Gasteiger partial charge on any atom is 0.281 e. The molecule has 0 aromatic carbocycles. The van der Waals surface area contributed by atoms with Crippen molar-refractivity contribution in [2.24, 2.45) is 12.0 Å². The lowest BCUT2D eigenvalue weighted by Crippen LogP contribution is -2.13. The van der Waals surface area contributed by atoms with Gasteiger partial charge in [0.05, 0.1) is 12.1 Å². The highest BCUT2D eigenvalue weighted by atomic mass is 32.1. The van der Waals surface area contributed by atoms with Crippen LogP contribution in [0.15, 0.2) is 40.1 Å². The van der Waals surface area contributed by atoms with Crippen molar-refractivity contribution in [2.45, 2.75) is 20.4 Å². The van der Waals surface area contributed by atoms with E-state index in [9.17, 15) is 4.79 Å². The molecule has 6 heteroatoms. The summed E-state index contributed by atoms with van der Waals surface area (Å²) in [6, 6.07) is 6.09. The fourth-order valence-electron chi connectivity index (χ4n) is 2.40. The lowest BCUT2D eigenvalue weighted by Gasteiger charge is -2.07. The summed E-state index contributed by atoms with van der Waals surface area (Å²) in [5.41, 5.74) is 2.74. The van der Waals surface area contributed by atoms with Crippen LogP contribution in [0, 0.1) is 13.8 Å². The summed E-state index contributed by atoms with van der Waals surface area (Å²) in [5, 5.41) is 3.99. The minimum atomic E-state index is -0.177. The highest BCUT2D eigenvalue weighted by molar-refractivity contribution is 7.09. The minimum absolute atomic E-state index is 0.177. The van der Waals surface area contributed by atoms with Gasteiger partial charge in [0.25, 0.3) is 5.91 Å². The summed E-state index contributed by atoms with van der Waals surface area (Å²) in [4.78, 5) is 18.7. The molecule has 0 aliphatic carbocycles. The van der Waals surface area contributed by atoms with E-state index in [4.69, 9.17) is 0 Å². The van der Waals surface area contributed by atoms with Gasteiger partial charge < -0.3 is 9.13 Å². The van der Waals surface area contributed by atoms with Crippen LogP contribution in [0.2, 0.25) is 0 Å². The van der Waals surface area contributed by atoms with Crippen LogP contribution in [0.25, 0.3) is 0 Å². The average molecular weight is 331 g/mol. The number of carbonyl (C=O) groups excluding carboxylic acids is 1. The summed E-state index contributed by atoms with van der Waals surface area (Å²) in [6.45, 7) is 4.82. The van der Waals surface area contributed by atoms with E-state index >= 15 is 0 Å². The molecule has 0 aliphatic heterocycles. The van der Waals surface area contributed by atoms with Gasteiger partial charge in [0.15, 0.2) is 4.80 Å². The topological polar surface area (TPSA) is 39.3 Å². The van der Waals surface area contributed by atoms with Gasteiger partial charge in [0, 0.05) is 34.9 Å². The third-order valence-corrected chi connectivity index (χ3v) is 5.36. The molecule has 0 unspecified atom stereocenters. The number of amides is 1. The largest absolute Gasteiger partial charge is 0.343 e. The summed E-state index contributed by atoms with van der Waals surface area (Å²) in [5.74, 6) is -0.177. The van der Waals surface area contributed by atoms with Crippen molar-refractivity contribution in [1.29, 1.82) is 0 Å². The van der Waals surface area contributed by atoms with E-state index < -0.39 is 0 Å². The molecule has 0 fully saturated rings. The number of thiophene rings is 1. The molecular weight excluding hydrogens is 314 g/mol. The van der Waals surface area contributed by atoms with Gasteiger partial charge in [0.2, 0.25) is 0 Å². The van der Waals surface area contributed by atoms with Gasteiger partial charge in [-0.15, -0.1) is 22.7 Å². The molecule has 22 heavy (non-hydrogen) atoms. The Morgan fingerprint density at radius 2 is 2.09 bits per heavy atom. The van der Waals surface area contributed by atoms with Gasteiger partial charge in [-0.25, -0.2) is 0 Å². The van der Waals surface area contributed by atoms with Crippen molar-refractivity contribution in [3.8, 4) is 0 Å². The molecule has 1 amide bonds. The minimum Gasteiger partial charge on any atom is -0.343 e. The normalized spacial score (nSPS) is 12.0. The first kappa shape index (κ1) is 15.0. The van der Waals surface area contributed by atoms with E-state index in [0.717, 1.165) is 17.9 Å². The molecule has 3 rings (SSSR count). The first-order valence-corrected chi connectivity index (χ1v) is 8.70. The van der Waals surface area contributed by atoms with E-state index in [2.05, 4.69) is 21.0 Å². The first-order valence-electron chi connectivity index (χ1n) is 6.94. The zero-order valence-electron chi connectivity index (χ0n) is 12.7. The second-order valence-corrected chi connectivity index (χ2v) is 7.07. The zero-order valence-corrected chi connectivity index (χ0v) is 14.4. The second-order valence-electron chi connectivity index (χ2n) is 5.16. The predicted molar refractivity (Wildman–Crippen MR) is 90.5 cm³/mol. The molecule has 0 atom stereocenters. The smallest absolute Gasteiger partial charge is 0.281 e. The van der Waals surface area contributed by atoms with Crippen molar-refractivity contribution in [3.63, 3.8) is 0 Å². The molecule has 0 spiro atoms. The summed E-state index contributed by atoms with van der Waals surface area (Å²) in [7, 11) is 1.89. The van der Waals surface area contributed by atoms with Gasteiger partial charge in [-0.2, -0.15) is 4.99 Å². The highest BCUT2D eigenvalue weighted by Crippen LogP contribution is 2.19. The number of carbonyl (C=O) groups is 1. The van der Waals surface area contributed by atoms with E-state index in [0.29, 0.717) is 10.4 Å². The molecule has 3 aromatic rings. The zero-order chi connectivity index (χ0) is 15.7. The standard InChI is InChI=1S/C16H17N3OS2/c1-11-9-14(15(20)17-16-18(3)6-8-22-16)12(2)19(11)10-13-5-4-7-21-13/h4-9H,10H2,1-3H3. The molecule has 3 aromatic heterocycles. The number of hydrogen-bond acceptors (Lipinski definition) is 3. The van der Waals surface area contributed by atoms with Crippen LogP contribution < -0.4 is 4.80 Å². The van der Waals surface area contributed by atoms with E-state index in [1.165, 1.54) is 16.2 Å². The molecule has 0 saturated carbocycles. The van der Waals surface area contributed by atoms with E-state index in [1.807, 2.05) is 49.2 Å². The summed E-state index contributed by atoms with van der Waals surface area (Å²) >= 11 is 3.19. The van der Waals surface area contributed by atoms with Crippen LogP contribution in [0.4, 0.5) is 0 Å². The monoisotopic (exact) mass is 331 g/mol. The fraction of sp³-hybridized carbons (Fsp3) is 0.250. The SMILES string of the molecule is Cc1cc(C(=O)N=c2sccn2C)c(C)n1Cc1cccs1. The average Bonchev–Trinajstić information content (AvgIpc) is 3.18. The Morgan fingerprint density at radius 1 is 1.27 bits per heavy atom. The van der Waals surface area contributed by atoms with Crippen LogP contribution in [0.3, 0.4) is 0 Å². The number of aryl methyl sites for hydroxylation is 2. The Kier molecular flexibility index (Phi) is 4.13. The van der Waals surface area contributed by atoms with Crippen LogP contribution in [0.5, 0.6) is 0 Å². The second kappa shape index (κ2) is 6.06. The number of aromatic nitrogens is 2. The Hall–Kier alpha value is -1.92. The Labute approximate surface area is 137 Å². The molecule has 0 bridgehead atoms. The van der Waals surface area contributed by atoms with Crippen molar-refractivity contribution in [1.82, 2.24) is 9.13 Å². The van der Waals surface area contributed by atoms with Gasteiger partial charge in [-0.05, 0) is 31.4 Å². The summed E-state index contributed by atoms with van der Waals surface area (Å²) < 4.78 is 4.02. The van der Waals surface area contributed by atoms with E-state index in [-0.39, 0.29) is 5.91 Å². The van der Waals surface area contributed by atoms with Crippen molar-refractivity contribution >= 4 is 28.6 Å². The van der Waals surface area contributed by atoms with E-state index in [1.54, 1.807) is 11.3 Å². The molecule has 0 aliphatic rings. The van der Waals surface area contributed by atoms with Gasteiger partial charge in [0.1, 0.15) is 0 Å². The highest BCUT2D eigenvalue weighted by Gasteiger charge is 2.15. The molecule has 4 nitrogen and oxygen atoms in total. The lowest BCUT2D eigenvalue weighted by atomic mass is 10.2. The van der Waals surface area contributed by atoms with Gasteiger partial charge in [-0.3, -0.25) is 4.79 Å². The Balaban J connectivity index is 1.96. The van der Waals surface area contributed by atoms with Crippen LogP contribution in [0.1, 0.15) is 26.6 Å². The fourth-order valence-corrected chi connectivity index (χ4v) is 3.82. The Morgan fingerprint density at radius 3 is 2.73 bits per heavy atom. The first-order chi connectivity index (χ1) is 10.6. The number of nitrogens with zero attached hydrogens (tertiary/aromatic N) is 3. The predicted octanol–water partition coefficient (Wildman–Crippen LogP) is 3.36. The molecule has 0 saturated heterocycles. The third kappa shape index (κ3) is 2.84. The van der Waals surface area contributed by atoms with Gasteiger partial charge >= 0.3 is 0 Å². The molecule has 0 N–H and O–H groups in total. The quantitative estimate of drug-likeness (QED) is 0.725. The molecular formula is C16H17N3OS2. The van der Waals surface area contributed by atoms with Crippen LogP contribution >= 0.6 is 22.7 Å². The number of hydrogen-bond donors (Lipinski definition) is 0. The van der Waals surface area contributed by atoms with Crippen LogP contribution in [-0.2, 0) is 13.6 Å². The van der Waals surface area contributed by atoms with Crippen molar-refractivity contribution in [3.05, 3.63) is 61.8 Å². The summed E-state index contributed by atoms with van der Waals surface area (Å²) in [6.07, 6.45) is 1.90. The van der Waals surface area contributed by atoms with Gasteiger partial charge in [-0.1, -0.05) is 6.07 Å². The number of rotatable bonds is 3. The lowest BCUT2D eigenvalue weighted by molar-refractivity contribution is 0.0997. The van der Waals surface area contributed by atoms with Crippen molar-refractivity contribution < 1.29 is 4.79 Å². The molecule has 114 valence electrons. The third-order valence-electron chi connectivity index (χ3n) is 3.65. The maximum absolute atomic E-state index is 12.5. The van der Waals surface area contributed by atoms with Crippen LogP contribution in [-0.4, -0.2) is 15.0 Å². The Bertz CT molecular complexity index is 866.